The Bertz CT molecular complexity index is 532. The first-order chi connectivity index (χ1) is 7.59. The van der Waals surface area contributed by atoms with Gasteiger partial charge in [-0.05, 0) is 42.7 Å². The molecule has 2 aromatic carbocycles. The molecule has 0 heterocycles. The number of hydrogen-bond donors (Lipinski definition) is 1. The standard InChI is InChI=1S/C14H14FN/c1-9-5-3-4-6-11(9)12-8-14(16)10(2)7-13(12)15/h3-8H,16H2,1-2H3. The van der Waals surface area contributed by atoms with E-state index >= 15 is 0 Å². The third kappa shape index (κ3) is 1.78. The maximum Gasteiger partial charge on any atom is 0.131 e. The van der Waals surface area contributed by atoms with Gasteiger partial charge < -0.3 is 5.73 Å². The molecule has 0 radical (unpaired) electrons. The topological polar surface area (TPSA) is 26.0 Å². The first kappa shape index (κ1) is 10.7. The van der Waals surface area contributed by atoms with Crippen LogP contribution in [0, 0.1) is 19.7 Å². The highest BCUT2D eigenvalue weighted by Gasteiger charge is 2.09. The van der Waals surface area contributed by atoms with Crippen molar-refractivity contribution in [2.75, 3.05) is 5.73 Å². The smallest absolute Gasteiger partial charge is 0.131 e. The third-order valence-electron chi connectivity index (χ3n) is 2.79. The van der Waals surface area contributed by atoms with Gasteiger partial charge in [-0.2, -0.15) is 0 Å². The summed E-state index contributed by atoms with van der Waals surface area (Å²) in [6, 6.07) is 10.9. The van der Waals surface area contributed by atoms with Gasteiger partial charge in [-0.25, -0.2) is 4.39 Å². The Morgan fingerprint density at radius 1 is 0.938 bits per heavy atom. The highest BCUT2D eigenvalue weighted by atomic mass is 19.1. The molecular formula is C14H14FN. The molecule has 2 aromatic rings. The van der Waals surface area contributed by atoms with Crippen LogP contribution in [0.3, 0.4) is 0 Å². The zero-order valence-corrected chi connectivity index (χ0v) is 9.42. The Labute approximate surface area is 94.7 Å². The molecule has 0 aliphatic heterocycles. The van der Waals surface area contributed by atoms with E-state index in [0.717, 1.165) is 16.7 Å². The summed E-state index contributed by atoms with van der Waals surface area (Å²) in [7, 11) is 0. The van der Waals surface area contributed by atoms with E-state index in [2.05, 4.69) is 0 Å². The zero-order valence-electron chi connectivity index (χ0n) is 9.42. The average Bonchev–Trinajstić information content (AvgIpc) is 2.25. The van der Waals surface area contributed by atoms with Gasteiger partial charge in [0, 0.05) is 11.3 Å². The van der Waals surface area contributed by atoms with Crippen molar-refractivity contribution in [2.45, 2.75) is 13.8 Å². The second kappa shape index (κ2) is 3.97. The van der Waals surface area contributed by atoms with Gasteiger partial charge in [0.1, 0.15) is 5.82 Å². The Kier molecular flexibility index (Phi) is 2.65. The lowest BCUT2D eigenvalue weighted by atomic mass is 9.98. The number of halogens is 1. The highest BCUT2D eigenvalue weighted by Crippen LogP contribution is 2.29. The number of aryl methyl sites for hydroxylation is 2. The van der Waals surface area contributed by atoms with Crippen LogP contribution in [-0.2, 0) is 0 Å². The molecule has 0 bridgehead atoms. The molecule has 0 atom stereocenters. The minimum Gasteiger partial charge on any atom is -0.398 e. The number of nitrogen functional groups attached to an aromatic ring is 1. The average molecular weight is 215 g/mol. The molecule has 0 saturated heterocycles. The SMILES string of the molecule is Cc1cc(F)c(-c2ccccc2C)cc1N. The molecule has 16 heavy (non-hydrogen) atoms. The van der Waals surface area contributed by atoms with E-state index in [0.29, 0.717) is 11.3 Å². The van der Waals surface area contributed by atoms with Gasteiger partial charge in [-0.3, -0.25) is 0 Å². The fraction of sp³-hybridized carbons (Fsp3) is 0.143. The predicted molar refractivity (Wildman–Crippen MR) is 65.7 cm³/mol. The second-order valence-electron chi connectivity index (χ2n) is 4.00. The van der Waals surface area contributed by atoms with E-state index < -0.39 is 0 Å². The summed E-state index contributed by atoms with van der Waals surface area (Å²) in [5, 5.41) is 0. The quantitative estimate of drug-likeness (QED) is 0.721. The molecule has 0 unspecified atom stereocenters. The fourth-order valence-electron chi connectivity index (χ4n) is 1.77. The van der Waals surface area contributed by atoms with Crippen LogP contribution in [0.15, 0.2) is 36.4 Å². The largest absolute Gasteiger partial charge is 0.398 e. The molecule has 2 N–H and O–H groups in total. The van der Waals surface area contributed by atoms with Crippen LogP contribution in [0.5, 0.6) is 0 Å². The van der Waals surface area contributed by atoms with Crippen LogP contribution in [0.4, 0.5) is 10.1 Å². The van der Waals surface area contributed by atoms with Crippen molar-refractivity contribution in [2.24, 2.45) is 0 Å². The van der Waals surface area contributed by atoms with Crippen LogP contribution in [0.1, 0.15) is 11.1 Å². The lowest BCUT2D eigenvalue weighted by Gasteiger charge is -2.09. The molecular weight excluding hydrogens is 201 g/mol. The van der Waals surface area contributed by atoms with E-state index in [4.69, 9.17) is 5.73 Å². The van der Waals surface area contributed by atoms with Crippen LogP contribution < -0.4 is 5.73 Å². The van der Waals surface area contributed by atoms with Gasteiger partial charge in [-0.1, -0.05) is 24.3 Å². The summed E-state index contributed by atoms with van der Waals surface area (Å²) in [6.45, 7) is 3.77. The van der Waals surface area contributed by atoms with Gasteiger partial charge in [-0.15, -0.1) is 0 Å². The maximum atomic E-state index is 13.8. The van der Waals surface area contributed by atoms with Crippen molar-refractivity contribution in [3.05, 3.63) is 53.3 Å². The summed E-state index contributed by atoms with van der Waals surface area (Å²) < 4.78 is 13.8. The van der Waals surface area contributed by atoms with Crippen LogP contribution in [-0.4, -0.2) is 0 Å². The minimum atomic E-state index is -0.221. The monoisotopic (exact) mass is 215 g/mol. The Morgan fingerprint density at radius 2 is 1.62 bits per heavy atom. The first-order valence-corrected chi connectivity index (χ1v) is 5.21. The van der Waals surface area contributed by atoms with E-state index in [1.54, 1.807) is 13.0 Å². The van der Waals surface area contributed by atoms with Gasteiger partial charge >= 0.3 is 0 Å². The second-order valence-corrected chi connectivity index (χ2v) is 4.00. The normalized spacial score (nSPS) is 10.4. The molecule has 2 heteroatoms. The number of nitrogens with two attached hydrogens (primary N) is 1. The summed E-state index contributed by atoms with van der Waals surface area (Å²) in [5.74, 6) is -0.221. The molecule has 0 spiro atoms. The van der Waals surface area contributed by atoms with Crippen LogP contribution in [0.25, 0.3) is 11.1 Å². The Morgan fingerprint density at radius 3 is 2.31 bits per heavy atom. The van der Waals surface area contributed by atoms with Crippen molar-refractivity contribution >= 4 is 5.69 Å². The van der Waals surface area contributed by atoms with Crippen molar-refractivity contribution in [1.29, 1.82) is 0 Å². The molecule has 1 nitrogen and oxygen atoms in total. The fourth-order valence-corrected chi connectivity index (χ4v) is 1.77. The predicted octanol–water partition coefficient (Wildman–Crippen LogP) is 3.69. The Balaban J connectivity index is 2.65. The summed E-state index contributed by atoms with van der Waals surface area (Å²) in [4.78, 5) is 0. The van der Waals surface area contributed by atoms with E-state index in [1.165, 1.54) is 6.07 Å². The molecule has 0 aromatic heterocycles. The lowest BCUT2D eigenvalue weighted by Crippen LogP contribution is -1.94. The zero-order chi connectivity index (χ0) is 11.7. The van der Waals surface area contributed by atoms with E-state index in [1.807, 2.05) is 31.2 Å². The molecule has 82 valence electrons. The summed E-state index contributed by atoms with van der Waals surface area (Å²) in [6.07, 6.45) is 0. The van der Waals surface area contributed by atoms with Crippen LogP contribution >= 0.6 is 0 Å². The minimum absolute atomic E-state index is 0.221. The van der Waals surface area contributed by atoms with Crippen molar-refractivity contribution < 1.29 is 4.39 Å². The lowest BCUT2D eigenvalue weighted by molar-refractivity contribution is 0.630. The summed E-state index contributed by atoms with van der Waals surface area (Å²) >= 11 is 0. The maximum absolute atomic E-state index is 13.8. The molecule has 0 aliphatic rings. The molecule has 0 saturated carbocycles. The van der Waals surface area contributed by atoms with Gasteiger partial charge in [0.15, 0.2) is 0 Å². The molecule has 0 fully saturated rings. The Hall–Kier alpha value is -1.83. The highest BCUT2D eigenvalue weighted by molar-refractivity contribution is 5.72. The number of hydrogen-bond acceptors (Lipinski definition) is 1. The van der Waals surface area contributed by atoms with Gasteiger partial charge in [0.2, 0.25) is 0 Å². The molecule has 0 aliphatic carbocycles. The first-order valence-electron chi connectivity index (χ1n) is 5.21. The number of rotatable bonds is 1. The van der Waals surface area contributed by atoms with Crippen molar-refractivity contribution in [3.63, 3.8) is 0 Å². The number of benzene rings is 2. The van der Waals surface area contributed by atoms with Gasteiger partial charge in [0.25, 0.3) is 0 Å². The molecule has 0 amide bonds. The summed E-state index contributed by atoms with van der Waals surface area (Å²) in [5.41, 5.74) is 9.72. The molecule has 2 rings (SSSR count). The number of anilines is 1. The van der Waals surface area contributed by atoms with E-state index in [-0.39, 0.29) is 5.82 Å². The van der Waals surface area contributed by atoms with E-state index in [9.17, 15) is 4.39 Å². The third-order valence-corrected chi connectivity index (χ3v) is 2.79. The van der Waals surface area contributed by atoms with Gasteiger partial charge in [0.05, 0.1) is 0 Å². The van der Waals surface area contributed by atoms with Crippen molar-refractivity contribution in [1.82, 2.24) is 0 Å². The van der Waals surface area contributed by atoms with Crippen molar-refractivity contribution in [3.8, 4) is 11.1 Å². The van der Waals surface area contributed by atoms with Crippen LogP contribution in [0.2, 0.25) is 0 Å².